The number of para-hydroxylation sites is 2. The molecule has 0 bridgehead atoms. The molecule has 1 aliphatic heterocycles. The molecule has 1 heterocycles. The standard InChI is InChI=1S/C14H12N2O2S2/c1-19-14-15-20(17,18)13-10-6-5-9-12(13)16(14)11-7-3-2-4-8-11/h2-10H,1H3. The third-order valence-electron chi connectivity index (χ3n) is 2.97. The van der Waals surface area contributed by atoms with Gasteiger partial charge in [0.1, 0.15) is 4.90 Å². The van der Waals surface area contributed by atoms with Gasteiger partial charge in [0.05, 0.1) is 5.69 Å². The number of benzene rings is 2. The Morgan fingerprint density at radius 3 is 2.35 bits per heavy atom. The van der Waals surface area contributed by atoms with Gasteiger partial charge in [-0.2, -0.15) is 8.42 Å². The largest absolute Gasteiger partial charge is 0.288 e. The molecule has 2 aromatic rings. The lowest BCUT2D eigenvalue weighted by Gasteiger charge is -2.29. The van der Waals surface area contributed by atoms with Crippen molar-refractivity contribution in [2.45, 2.75) is 4.90 Å². The fourth-order valence-corrected chi connectivity index (χ4v) is 4.15. The number of hydrogen-bond donors (Lipinski definition) is 0. The van der Waals surface area contributed by atoms with Crippen molar-refractivity contribution < 1.29 is 8.42 Å². The Hall–Kier alpha value is -1.79. The molecule has 2 aromatic carbocycles. The Balaban J connectivity index is 2.28. The van der Waals surface area contributed by atoms with E-state index < -0.39 is 10.0 Å². The van der Waals surface area contributed by atoms with Crippen LogP contribution in [0, 0.1) is 0 Å². The lowest BCUT2D eigenvalue weighted by Crippen LogP contribution is -2.29. The molecule has 0 atom stereocenters. The van der Waals surface area contributed by atoms with E-state index in [0.29, 0.717) is 10.9 Å². The van der Waals surface area contributed by atoms with Gasteiger partial charge in [0.2, 0.25) is 0 Å². The Morgan fingerprint density at radius 1 is 1.00 bits per heavy atom. The maximum absolute atomic E-state index is 12.2. The van der Waals surface area contributed by atoms with Gasteiger partial charge in [-0.15, -0.1) is 4.40 Å². The van der Waals surface area contributed by atoms with Crippen LogP contribution >= 0.6 is 11.8 Å². The fraction of sp³-hybridized carbons (Fsp3) is 0.0714. The van der Waals surface area contributed by atoms with E-state index in [1.165, 1.54) is 11.8 Å². The molecule has 0 saturated carbocycles. The number of sulfonamides is 1. The van der Waals surface area contributed by atoms with Gasteiger partial charge in [-0.25, -0.2) is 0 Å². The van der Waals surface area contributed by atoms with Gasteiger partial charge in [-0.1, -0.05) is 42.1 Å². The van der Waals surface area contributed by atoms with E-state index in [9.17, 15) is 8.42 Å². The van der Waals surface area contributed by atoms with E-state index in [2.05, 4.69) is 4.40 Å². The van der Waals surface area contributed by atoms with Gasteiger partial charge in [0.15, 0.2) is 5.17 Å². The van der Waals surface area contributed by atoms with E-state index in [4.69, 9.17) is 0 Å². The molecule has 0 unspecified atom stereocenters. The van der Waals surface area contributed by atoms with E-state index in [1.807, 2.05) is 47.6 Å². The second-order valence-electron chi connectivity index (χ2n) is 4.19. The second kappa shape index (κ2) is 4.96. The van der Waals surface area contributed by atoms with Crippen LogP contribution in [0.1, 0.15) is 0 Å². The lowest BCUT2D eigenvalue weighted by atomic mass is 10.2. The summed E-state index contributed by atoms with van der Waals surface area (Å²) >= 11 is 1.31. The molecule has 0 amide bonds. The van der Waals surface area contributed by atoms with Crippen LogP contribution in [0.3, 0.4) is 0 Å². The Labute approximate surface area is 122 Å². The second-order valence-corrected chi connectivity index (χ2v) is 6.54. The molecule has 0 radical (unpaired) electrons. The van der Waals surface area contributed by atoms with Gasteiger partial charge < -0.3 is 0 Å². The summed E-state index contributed by atoms with van der Waals surface area (Å²) in [5.74, 6) is 0. The normalized spacial score (nSPS) is 16.4. The molecule has 0 fully saturated rings. The molecule has 0 aromatic heterocycles. The summed E-state index contributed by atoms with van der Waals surface area (Å²) in [6.07, 6.45) is 1.82. The molecule has 0 spiro atoms. The number of rotatable bonds is 1. The molecule has 0 N–H and O–H groups in total. The predicted octanol–water partition coefficient (Wildman–Crippen LogP) is 3.25. The van der Waals surface area contributed by atoms with Crippen molar-refractivity contribution in [3.05, 3.63) is 54.6 Å². The molecule has 0 saturated heterocycles. The highest BCUT2D eigenvalue weighted by Gasteiger charge is 2.30. The molecule has 20 heavy (non-hydrogen) atoms. The van der Waals surface area contributed by atoms with Crippen LogP contribution in [0.4, 0.5) is 11.4 Å². The molecule has 0 aliphatic carbocycles. The first-order chi connectivity index (χ1) is 9.63. The van der Waals surface area contributed by atoms with Crippen LogP contribution < -0.4 is 4.90 Å². The first-order valence-electron chi connectivity index (χ1n) is 5.96. The lowest BCUT2D eigenvalue weighted by molar-refractivity contribution is 0.597. The minimum absolute atomic E-state index is 0.238. The number of nitrogens with zero attached hydrogens (tertiary/aromatic N) is 2. The van der Waals surface area contributed by atoms with Crippen LogP contribution in [-0.2, 0) is 10.0 Å². The van der Waals surface area contributed by atoms with E-state index in [1.54, 1.807) is 18.2 Å². The zero-order chi connectivity index (χ0) is 14.2. The molecule has 6 heteroatoms. The van der Waals surface area contributed by atoms with Crippen LogP contribution in [0.15, 0.2) is 63.9 Å². The fourth-order valence-electron chi connectivity index (χ4n) is 2.11. The minimum atomic E-state index is -3.62. The van der Waals surface area contributed by atoms with Gasteiger partial charge in [0, 0.05) is 5.69 Å². The molecule has 4 nitrogen and oxygen atoms in total. The average Bonchev–Trinajstić information content (AvgIpc) is 2.47. The van der Waals surface area contributed by atoms with Crippen molar-refractivity contribution >= 4 is 38.3 Å². The van der Waals surface area contributed by atoms with Crippen LogP contribution in [0.2, 0.25) is 0 Å². The smallest absolute Gasteiger partial charge is 0.286 e. The topological polar surface area (TPSA) is 49.7 Å². The van der Waals surface area contributed by atoms with Crippen LogP contribution in [0.25, 0.3) is 0 Å². The third kappa shape index (κ3) is 2.10. The number of fused-ring (bicyclic) bond motifs is 1. The molecular formula is C14H12N2O2S2. The van der Waals surface area contributed by atoms with E-state index in [-0.39, 0.29) is 4.90 Å². The molecule has 1 aliphatic rings. The SMILES string of the molecule is CSC1=NS(=O)(=O)c2ccccc2N1c1ccccc1. The van der Waals surface area contributed by atoms with Gasteiger partial charge in [0.25, 0.3) is 10.0 Å². The maximum Gasteiger partial charge on any atom is 0.286 e. The van der Waals surface area contributed by atoms with Gasteiger partial charge >= 0.3 is 0 Å². The Morgan fingerprint density at radius 2 is 1.65 bits per heavy atom. The highest BCUT2D eigenvalue weighted by atomic mass is 32.2. The average molecular weight is 304 g/mol. The number of anilines is 2. The molecule has 102 valence electrons. The summed E-state index contributed by atoms with van der Waals surface area (Å²) < 4.78 is 28.3. The minimum Gasteiger partial charge on any atom is -0.288 e. The monoisotopic (exact) mass is 304 g/mol. The van der Waals surface area contributed by atoms with Crippen LogP contribution in [-0.4, -0.2) is 19.8 Å². The molecular weight excluding hydrogens is 292 g/mol. The third-order valence-corrected chi connectivity index (χ3v) is 5.04. The van der Waals surface area contributed by atoms with E-state index in [0.717, 1.165) is 5.69 Å². The summed E-state index contributed by atoms with van der Waals surface area (Å²) in [6, 6.07) is 16.5. The highest BCUT2D eigenvalue weighted by molar-refractivity contribution is 8.14. The van der Waals surface area contributed by atoms with Crippen molar-refractivity contribution in [2.24, 2.45) is 4.40 Å². The summed E-state index contributed by atoms with van der Waals surface area (Å²) in [5, 5.41) is 0.454. The quantitative estimate of drug-likeness (QED) is 0.811. The number of thioether (sulfide) groups is 1. The predicted molar refractivity (Wildman–Crippen MR) is 83.2 cm³/mol. The summed E-state index contributed by atoms with van der Waals surface area (Å²) in [5.41, 5.74) is 1.53. The molecule has 3 rings (SSSR count). The zero-order valence-electron chi connectivity index (χ0n) is 10.7. The van der Waals surface area contributed by atoms with Gasteiger partial charge in [-0.3, -0.25) is 4.90 Å². The Bertz CT molecular complexity index is 771. The summed E-state index contributed by atoms with van der Waals surface area (Å²) in [7, 11) is -3.62. The highest BCUT2D eigenvalue weighted by Crippen LogP contribution is 2.38. The van der Waals surface area contributed by atoms with Crippen molar-refractivity contribution in [3.8, 4) is 0 Å². The first kappa shape index (κ1) is 13.2. The van der Waals surface area contributed by atoms with Gasteiger partial charge in [-0.05, 0) is 30.5 Å². The summed E-state index contributed by atoms with van der Waals surface area (Å²) in [6.45, 7) is 0. The number of hydrogen-bond acceptors (Lipinski definition) is 4. The van der Waals surface area contributed by atoms with Crippen molar-refractivity contribution in [2.75, 3.05) is 11.2 Å². The van der Waals surface area contributed by atoms with Crippen LogP contribution in [0.5, 0.6) is 0 Å². The first-order valence-corrected chi connectivity index (χ1v) is 8.63. The van der Waals surface area contributed by atoms with Crippen molar-refractivity contribution in [1.29, 1.82) is 0 Å². The van der Waals surface area contributed by atoms with Crippen molar-refractivity contribution in [1.82, 2.24) is 0 Å². The maximum atomic E-state index is 12.2. The summed E-state index contributed by atoms with van der Waals surface area (Å²) in [4.78, 5) is 2.10. The van der Waals surface area contributed by atoms with Crippen molar-refractivity contribution in [3.63, 3.8) is 0 Å². The van der Waals surface area contributed by atoms with E-state index >= 15 is 0 Å². The Kier molecular flexibility index (Phi) is 3.27. The number of amidine groups is 1. The zero-order valence-corrected chi connectivity index (χ0v) is 12.4.